The topological polar surface area (TPSA) is 63.8 Å². The third kappa shape index (κ3) is 2.58. The van der Waals surface area contributed by atoms with E-state index < -0.39 is 0 Å². The van der Waals surface area contributed by atoms with Gasteiger partial charge < -0.3 is 9.73 Å². The van der Waals surface area contributed by atoms with E-state index >= 15 is 0 Å². The molecule has 0 fully saturated rings. The Morgan fingerprint density at radius 3 is 3.00 bits per heavy atom. The molecule has 2 heterocycles. The predicted octanol–water partition coefficient (Wildman–Crippen LogP) is 3.30. The molecule has 3 rings (SSSR count). The Bertz CT molecular complexity index is 725. The number of pyridine rings is 1. The van der Waals surface area contributed by atoms with Gasteiger partial charge in [0.25, 0.3) is 0 Å². The Hall–Kier alpha value is -1.95. The second-order valence-corrected chi connectivity index (χ2v) is 5.01. The Labute approximate surface area is 118 Å². The average molecular weight is 319 g/mol. The number of aromatic nitrogens is 3. The number of para-hydroxylation sites is 1. The standard InChI is InChI=1S/C13H11BrN4O/c1-8-17-18-12(19-8)7-15-11-4-2-3-9-5-10(14)6-16-13(9)11/h2-6,15H,7H2,1H3. The summed E-state index contributed by atoms with van der Waals surface area (Å²) in [6.45, 7) is 2.26. The highest BCUT2D eigenvalue weighted by Crippen LogP contribution is 2.24. The van der Waals surface area contributed by atoms with Crippen LogP contribution in [0.25, 0.3) is 10.9 Å². The molecule has 0 saturated heterocycles. The van der Waals surface area contributed by atoms with Crippen LogP contribution in [-0.2, 0) is 6.54 Å². The minimum absolute atomic E-state index is 0.484. The van der Waals surface area contributed by atoms with Gasteiger partial charge >= 0.3 is 0 Å². The molecule has 3 aromatic rings. The highest BCUT2D eigenvalue weighted by atomic mass is 79.9. The van der Waals surface area contributed by atoms with E-state index in [4.69, 9.17) is 4.42 Å². The lowest BCUT2D eigenvalue weighted by molar-refractivity contribution is 0.475. The molecule has 96 valence electrons. The average Bonchev–Trinajstić information content (AvgIpc) is 2.81. The fraction of sp³-hybridized carbons (Fsp3) is 0.154. The highest BCUT2D eigenvalue weighted by molar-refractivity contribution is 9.10. The molecular weight excluding hydrogens is 308 g/mol. The van der Waals surface area contributed by atoms with Crippen LogP contribution in [0.4, 0.5) is 5.69 Å². The first-order valence-corrected chi connectivity index (χ1v) is 6.59. The number of aryl methyl sites for hydroxylation is 1. The number of rotatable bonds is 3. The summed E-state index contributed by atoms with van der Waals surface area (Å²) in [4.78, 5) is 4.42. The molecule has 0 amide bonds. The van der Waals surface area contributed by atoms with Gasteiger partial charge in [0.2, 0.25) is 11.8 Å². The van der Waals surface area contributed by atoms with Crippen LogP contribution in [0.15, 0.2) is 39.4 Å². The summed E-state index contributed by atoms with van der Waals surface area (Å²) in [6.07, 6.45) is 1.78. The first-order chi connectivity index (χ1) is 9.22. The van der Waals surface area contributed by atoms with Crippen molar-refractivity contribution >= 4 is 32.5 Å². The molecule has 1 N–H and O–H groups in total. The minimum Gasteiger partial charge on any atom is -0.424 e. The number of fused-ring (bicyclic) bond motifs is 1. The fourth-order valence-electron chi connectivity index (χ4n) is 1.86. The summed E-state index contributed by atoms with van der Waals surface area (Å²) in [6, 6.07) is 8.02. The number of nitrogens with one attached hydrogen (secondary N) is 1. The maximum atomic E-state index is 5.32. The molecule has 5 nitrogen and oxygen atoms in total. The van der Waals surface area contributed by atoms with E-state index in [-0.39, 0.29) is 0 Å². The molecule has 0 atom stereocenters. The van der Waals surface area contributed by atoms with E-state index in [2.05, 4.69) is 36.4 Å². The lowest BCUT2D eigenvalue weighted by Crippen LogP contribution is -2.01. The van der Waals surface area contributed by atoms with Crippen molar-refractivity contribution in [1.29, 1.82) is 0 Å². The van der Waals surface area contributed by atoms with E-state index in [1.165, 1.54) is 0 Å². The monoisotopic (exact) mass is 318 g/mol. The van der Waals surface area contributed by atoms with Crippen LogP contribution in [0.3, 0.4) is 0 Å². The van der Waals surface area contributed by atoms with Crippen LogP contribution in [-0.4, -0.2) is 15.2 Å². The lowest BCUT2D eigenvalue weighted by Gasteiger charge is -2.07. The molecule has 6 heteroatoms. The quantitative estimate of drug-likeness (QED) is 0.802. The molecule has 0 aliphatic carbocycles. The maximum absolute atomic E-state index is 5.32. The van der Waals surface area contributed by atoms with Gasteiger partial charge in [-0.2, -0.15) is 0 Å². The zero-order valence-electron chi connectivity index (χ0n) is 10.2. The normalized spacial score (nSPS) is 10.8. The van der Waals surface area contributed by atoms with E-state index in [0.29, 0.717) is 18.3 Å². The first kappa shape index (κ1) is 12.1. The summed E-state index contributed by atoms with van der Waals surface area (Å²) in [7, 11) is 0. The van der Waals surface area contributed by atoms with Gasteiger partial charge in [-0.15, -0.1) is 10.2 Å². The Morgan fingerprint density at radius 1 is 1.32 bits per heavy atom. The van der Waals surface area contributed by atoms with Crippen molar-refractivity contribution in [2.24, 2.45) is 0 Å². The van der Waals surface area contributed by atoms with Crippen molar-refractivity contribution < 1.29 is 4.42 Å². The fourth-order valence-corrected chi connectivity index (χ4v) is 2.21. The van der Waals surface area contributed by atoms with Crippen molar-refractivity contribution in [3.63, 3.8) is 0 Å². The summed E-state index contributed by atoms with van der Waals surface area (Å²) in [5.74, 6) is 1.13. The molecule has 0 spiro atoms. The minimum atomic E-state index is 0.484. The molecular formula is C13H11BrN4O. The zero-order valence-corrected chi connectivity index (χ0v) is 11.8. The van der Waals surface area contributed by atoms with Crippen molar-refractivity contribution in [3.05, 3.63) is 46.7 Å². The second-order valence-electron chi connectivity index (χ2n) is 4.10. The Balaban J connectivity index is 1.88. The molecule has 19 heavy (non-hydrogen) atoms. The van der Waals surface area contributed by atoms with Crippen molar-refractivity contribution in [2.75, 3.05) is 5.32 Å². The number of nitrogens with zero attached hydrogens (tertiary/aromatic N) is 3. The molecule has 0 aliphatic rings. The van der Waals surface area contributed by atoms with Crippen molar-refractivity contribution in [1.82, 2.24) is 15.2 Å². The molecule has 0 bridgehead atoms. The van der Waals surface area contributed by atoms with Gasteiger partial charge in [-0.1, -0.05) is 12.1 Å². The van der Waals surface area contributed by atoms with Gasteiger partial charge in [-0.25, -0.2) is 0 Å². The number of anilines is 1. The first-order valence-electron chi connectivity index (χ1n) is 5.79. The zero-order chi connectivity index (χ0) is 13.2. The molecule has 0 saturated carbocycles. The number of hydrogen-bond acceptors (Lipinski definition) is 5. The number of hydrogen-bond donors (Lipinski definition) is 1. The molecule has 0 radical (unpaired) electrons. The Morgan fingerprint density at radius 2 is 2.21 bits per heavy atom. The van der Waals surface area contributed by atoms with Crippen LogP contribution in [0.2, 0.25) is 0 Å². The number of benzene rings is 1. The Kier molecular flexibility index (Phi) is 3.16. The van der Waals surface area contributed by atoms with Gasteiger partial charge in [0.05, 0.1) is 17.7 Å². The largest absolute Gasteiger partial charge is 0.424 e. The molecule has 0 unspecified atom stereocenters. The van der Waals surface area contributed by atoms with Gasteiger partial charge in [0, 0.05) is 23.0 Å². The van der Waals surface area contributed by atoms with Crippen LogP contribution in [0.1, 0.15) is 11.8 Å². The lowest BCUT2D eigenvalue weighted by atomic mass is 10.2. The van der Waals surface area contributed by atoms with Crippen LogP contribution >= 0.6 is 15.9 Å². The molecule has 0 aliphatic heterocycles. The molecule has 2 aromatic heterocycles. The highest BCUT2D eigenvalue weighted by Gasteiger charge is 2.05. The second kappa shape index (κ2) is 4.97. The summed E-state index contributed by atoms with van der Waals surface area (Å²) in [5, 5.41) is 12.1. The van der Waals surface area contributed by atoms with Crippen LogP contribution < -0.4 is 5.32 Å². The molecule has 1 aromatic carbocycles. The van der Waals surface area contributed by atoms with Crippen LogP contribution in [0.5, 0.6) is 0 Å². The number of halogens is 1. The van der Waals surface area contributed by atoms with Gasteiger partial charge in [-0.05, 0) is 28.1 Å². The SMILES string of the molecule is Cc1nnc(CNc2cccc3cc(Br)cnc23)o1. The summed E-state index contributed by atoms with van der Waals surface area (Å²) in [5.41, 5.74) is 1.86. The van der Waals surface area contributed by atoms with Crippen LogP contribution in [0, 0.1) is 6.92 Å². The smallest absolute Gasteiger partial charge is 0.235 e. The van der Waals surface area contributed by atoms with E-state index in [1.54, 1.807) is 13.1 Å². The summed E-state index contributed by atoms with van der Waals surface area (Å²) >= 11 is 3.42. The third-order valence-corrected chi connectivity index (χ3v) is 3.11. The van der Waals surface area contributed by atoms with E-state index in [0.717, 1.165) is 21.1 Å². The van der Waals surface area contributed by atoms with Gasteiger partial charge in [0.1, 0.15) is 0 Å². The van der Waals surface area contributed by atoms with E-state index in [1.807, 2.05) is 24.3 Å². The third-order valence-electron chi connectivity index (χ3n) is 2.68. The van der Waals surface area contributed by atoms with Crippen molar-refractivity contribution in [2.45, 2.75) is 13.5 Å². The predicted molar refractivity (Wildman–Crippen MR) is 75.8 cm³/mol. The van der Waals surface area contributed by atoms with Gasteiger partial charge in [-0.3, -0.25) is 4.98 Å². The van der Waals surface area contributed by atoms with Gasteiger partial charge in [0.15, 0.2) is 0 Å². The van der Waals surface area contributed by atoms with Crippen molar-refractivity contribution in [3.8, 4) is 0 Å². The maximum Gasteiger partial charge on any atom is 0.235 e. The van der Waals surface area contributed by atoms with E-state index in [9.17, 15) is 0 Å². The summed E-state index contributed by atoms with van der Waals surface area (Å²) < 4.78 is 6.29.